The zero-order valence-corrected chi connectivity index (χ0v) is 16.1. The maximum Gasteiger partial charge on any atom is 0.308 e. The molecule has 4 aromatic carbocycles. The monoisotopic (exact) mass is 378 g/mol. The molecule has 0 unspecified atom stereocenters. The van der Waals surface area contributed by atoms with E-state index in [-0.39, 0.29) is 5.97 Å². The lowest BCUT2D eigenvalue weighted by molar-refractivity contribution is -0.131. The molecule has 4 nitrogen and oxygen atoms in total. The molecule has 0 bridgehead atoms. The molecule has 0 N–H and O–H groups in total. The van der Waals surface area contributed by atoms with E-state index in [0.29, 0.717) is 5.75 Å². The summed E-state index contributed by atoms with van der Waals surface area (Å²) in [6.07, 6.45) is 1.82. The van der Waals surface area contributed by atoms with Crippen molar-refractivity contribution in [3.05, 3.63) is 78.5 Å². The Kier molecular flexibility index (Phi) is 3.98. The lowest BCUT2D eigenvalue weighted by Crippen LogP contribution is -2.01. The lowest BCUT2D eigenvalue weighted by atomic mass is 9.96. The molecule has 0 amide bonds. The van der Waals surface area contributed by atoms with Crippen LogP contribution >= 0.6 is 0 Å². The Morgan fingerprint density at radius 1 is 0.862 bits per heavy atom. The number of fused-ring (bicyclic) bond motifs is 6. The minimum absolute atomic E-state index is 0.346. The van der Waals surface area contributed by atoms with Gasteiger partial charge in [-0.05, 0) is 41.5 Å². The molecular formula is C25H18N2O2. The Morgan fingerprint density at radius 3 is 2.48 bits per heavy atom. The first-order chi connectivity index (χ1) is 14.1. The Morgan fingerprint density at radius 2 is 1.69 bits per heavy atom. The number of carbonyl (C=O) groups is 1. The van der Waals surface area contributed by atoms with Crippen LogP contribution < -0.4 is 4.74 Å². The molecular weight excluding hydrogens is 360 g/mol. The van der Waals surface area contributed by atoms with Crippen LogP contribution in [0.1, 0.15) is 12.5 Å². The Balaban J connectivity index is 1.92. The predicted octanol–water partition coefficient (Wildman–Crippen LogP) is 5.84. The summed E-state index contributed by atoms with van der Waals surface area (Å²) in [6.45, 7) is 3.49. The van der Waals surface area contributed by atoms with Gasteiger partial charge in [0.1, 0.15) is 5.75 Å². The highest BCUT2D eigenvalue weighted by Crippen LogP contribution is 2.37. The minimum atomic E-state index is -0.346. The summed E-state index contributed by atoms with van der Waals surface area (Å²) in [6, 6.07) is 21.9. The molecule has 1 aromatic heterocycles. The number of hydrogen-bond acceptors (Lipinski definition) is 4. The summed E-state index contributed by atoms with van der Waals surface area (Å²) >= 11 is 0. The Labute approximate surface area is 167 Å². The van der Waals surface area contributed by atoms with Crippen LogP contribution in [0.2, 0.25) is 0 Å². The van der Waals surface area contributed by atoms with Gasteiger partial charge in [0, 0.05) is 23.3 Å². The van der Waals surface area contributed by atoms with Crippen LogP contribution in [-0.2, 0) is 4.79 Å². The van der Waals surface area contributed by atoms with E-state index in [1.165, 1.54) is 6.92 Å². The largest absolute Gasteiger partial charge is 0.427 e. The number of aryl methyl sites for hydroxylation is 1. The highest BCUT2D eigenvalue weighted by atomic mass is 16.5. The van der Waals surface area contributed by atoms with Crippen molar-refractivity contribution in [1.82, 2.24) is 9.97 Å². The predicted molar refractivity (Wildman–Crippen MR) is 116 cm³/mol. The first kappa shape index (κ1) is 17.3. The Hall–Kier alpha value is -3.79. The van der Waals surface area contributed by atoms with Crippen LogP contribution in [-0.4, -0.2) is 15.9 Å². The van der Waals surface area contributed by atoms with Gasteiger partial charge >= 0.3 is 5.97 Å². The van der Waals surface area contributed by atoms with Crippen LogP contribution in [0.25, 0.3) is 43.8 Å². The molecule has 5 aromatic rings. The zero-order valence-electron chi connectivity index (χ0n) is 16.1. The molecule has 1 heterocycles. The van der Waals surface area contributed by atoms with Crippen molar-refractivity contribution in [2.75, 3.05) is 0 Å². The first-order valence-corrected chi connectivity index (χ1v) is 9.47. The van der Waals surface area contributed by atoms with Gasteiger partial charge in [0.15, 0.2) is 0 Å². The standard InChI is InChI=1S/C25H18N2O2/c1-15-7-6-10-20-19-12-11-18(29-16(2)28)13-21(19)24-25(23(15)20)26-14-22(27-24)17-8-4-3-5-9-17/h3-14H,1-2H3. The van der Waals surface area contributed by atoms with Gasteiger partial charge in [-0.15, -0.1) is 0 Å². The van der Waals surface area contributed by atoms with Gasteiger partial charge in [-0.25, -0.2) is 4.98 Å². The second-order valence-electron chi connectivity index (χ2n) is 7.12. The smallest absolute Gasteiger partial charge is 0.308 e. The van der Waals surface area contributed by atoms with E-state index < -0.39 is 0 Å². The van der Waals surface area contributed by atoms with E-state index in [1.807, 2.05) is 54.7 Å². The Bertz CT molecular complexity index is 1410. The van der Waals surface area contributed by atoms with Crippen LogP contribution in [0.5, 0.6) is 5.75 Å². The molecule has 0 atom stereocenters. The summed E-state index contributed by atoms with van der Waals surface area (Å²) in [7, 11) is 0. The van der Waals surface area contributed by atoms with Crippen molar-refractivity contribution in [3.63, 3.8) is 0 Å². The SMILES string of the molecule is CC(=O)Oc1ccc2c(c1)c1nc(-c3ccccc3)cnc1c1c(C)cccc21. The molecule has 0 aliphatic rings. The number of ether oxygens (including phenoxy) is 1. The summed E-state index contributed by atoms with van der Waals surface area (Å²) in [5, 5.41) is 4.19. The van der Waals surface area contributed by atoms with Crippen molar-refractivity contribution in [3.8, 4) is 17.0 Å². The molecule has 0 saturated carbocycles. The first-order valence-electron chi connectivity index (χ1n) is 9.47. The number of rotatable bonds is 2. The van der Waals surface area contributed by atoms with Crippen LogP contribution in [0, 0.1) is 6.92 Å². The number of aromatic nitrogens is 2. The summed E-state index contributed by atoms with van der Waals surface area (Å²) in [5.41, 5.74) is 4.63. The normalized spacial score (nSPS) is 11.2. The summed E-state index contributed by atoms with van der Waals surface area (Å²) < 4.78 is 5.33. The number of benzene rings is 4. The molecule has 0 aliphatic carbocycles. The second kappa shape index (κ2) is 6.67. The molecule has 4 heteroatoms. The number of hydrogen-bond donors (Lipinski definition) is 0. The van der Waals surface area contributed by atoms with Crippen molar-refractivity contribution in [2.45, 2.75) is 13.8 Å². The fraction of sp³-hybridized carbons (Fsp3) is 0.0800. The van der Waals surface area contributed by atoms with E-state index in [0.717, 1.165) is 49.4 Å². The third kappa shape index (κ3) is 2.90. The molecule has 140 valence electrons. The minimum Gasteiger partial charge on any atom is -0.427 e. The fourth-order valence-corrected chi connectivity index (χ4v) is 3.90. The molecule has 0 fully saturated rings. The topological polar surface area (TPSA) is 52.1 Å². The van der Waals surface area contributed by atoms with Crippen LogP contribution in [0.3, 0.4) is 0 Å². The lowest BCUT2D eigenvalue weighted by Gasteiger charge is -2.13. The van der Waals surface area contributed by atoms with E-state index in [4.69, 9.17) is 14.7 Å². The maximum atomic E-state index is 11.5. The van der Waals surface area contributed by atoms with Crippen LogP contribution in [0.4, 0.5) is 0 Å². The quantitative estimate of drug-likeness (QED) is 0.220. The summed E-state index contributed by atoms with van der Waals surface area (Å²) in [5.74, 6) is 0.159. The third-order valence-electron chi connectivity index (χ3n) is 5.15. The van der Waals surface area contributed by atoms with E-state index >= 15 is 0 Å². The number of esters is 1. The van der Waals surface area contributed by atoms with Gasteiger partial charge in [-0.3, -0.25) is 9.78 Å². The van der Waals surface area contributed by atoms with Gasteiger partial charge in [-0.1, -0.05) is 48.5 Å². The van der Waals surface area contributed by atoms with Crippen molar-refractivity contribution < 1.29 is 9.53 Å². The highest BCUT2D eigenvalue weighted by Gasteiger charge is 2.15. The molecule has 0 radical (unpaired) electrons. The molecule has 0 aliphatic heterocycles. The van der Waals surface area contributed by atoms with Crippen molar-refractivity contribution >= 4 is 38.5 Å². The van der Waals surface area contributed by atoms with Gasteiger partial charge in [0.2, 0.25) is 0 Å². The molecule has 0 spiro atoms. The number of nitrogens with zero attached hydrogens (tertiary/aromatic N) is 2. The molecule has 29 heavy (non-hydrogen) atoms. The van der Waals surface area contributed by atoms with Gasteiger partial charge in [0.05, 0.1) is 22.9 Å². The number of carbonyl (C=O) groups excluding carboxylic acids is 1. The average Bonchev–Trinajstić information content (AvgIpc) is 2.73. The van der Waals surface area contributed by atoms with Crippen LogP contribution in [0.15, 0.2) is 72.9 Å². The third-order valence-corrected chi connectivity index (χ3v) is 5.15. The average molecular weight is 378 g/mol. The zero-order chi connectivity index (χ0) is 20.0. The van der Waals surface area contributed by atoms with E-state index in [9.17, 15) is 4.79 Å². The fourth-order valence-electron chi connectivity index (χ4n) is 3.90. The van der Waals surface area contributed by atoms with E-state index in [2.05, 4.69) is 25.1 Å². The summed E-state index contributed by atoms with van der Waals surface area (Å²) in [4.78, 5) is 21.3. The molecule has 0 saturated heterocycles. The maximum absolute atomic E-state index is 11.5. The van der Waals surface area contributed by atoms with Gasteiger partial charge < -0.3 is 4.74 Å². The second-order valence-corrected chi connectivity index (χ2v) is 7.12. The van der Waals surface area contributed by atoms with Gasteiger partial charge in [-0.2, -0.15) is 0 Å². The van der Waals surface area contributed by atoms with E-state index in [1.54, 1.807) is 0 Å². The molecule has 5 rings (SSSR count). The van der Waals surface area contributed by atoms with Crippen molar-refractivity contribution in [2.24, 2.45) is 0 Å². The van der Waals surface area contributed by atoms with Crippen molar-refractivity contribution in [1.29, 1.82) is 0 Å². The van der Waals surface area contributed by atoms with Gasteiger partial charge in [0.25, 0.3) is 0 Å². The highest BCUT2D eigenvalue weighted by molar-refractivity contribution is 6.24.